The Bertz CT molecular complexity index is 930. The molecule has 2 aromatic carbocycles. The Balaban J connectivity index is 1.44. The third kappa shape index (κ3) is 3.19. The Morgan fingerprint density at radius 3 is 2.81 bits per heavy atom. The van der Waals surface area contributed by atoms with E-state index in [1.807, 2.05) is 29.3 Å². The first-order valence-electron chi connectivity index (χ1n) is 9.28. The van der Waals surface area contributed by atoms with Crippen molar-refractivity contribution < 1.29 is 4.79 Å². The summed E-state index contributed by atoms with van der Waals surface area (Å²) >= 11 is 0. The predicted octanol–water partition coefficient (Wildman–Crippen LogP) is 3.76. The number of nitrogens with zero attached hydrogens (tertiary/aromatic N) is 2. The van der Waals surface area contributed by atoms with Gasteiger partial charge in [0.1, 0.15) is 0 Å². The Kier molecular flexibility index (Phi) is 4.41. The summed E-state index contributed by atoms with van der Waals surface area (Å²) in [7, 11) is 0. The van der Waals surface area contributed by atoms with Crippen LogP contribution in [0.1, 0.15) is 18.1 Å². The number of carbonyl (C=O) groups excluding carboxylic acids is 1. The van der Waals surface area contributed by atoms with E-state index in [1.54, 1.807) is 0 Å². The number of H-pyrrole nitrogens is 1. The van der Waals surface area contributed by atoms with E-state index in [4.69, 9.17) is 0 Å². The van der Waals surface area contributed by atoms with Crippen LogP contribution in [0.25, 0.3) is 10.9 Å². The first-order chi connectivity index (χ1) is 12.6. The zero-order chi connectivity index (χ0) is 18.1. The molecule has 1 saturated heterocycles. The van der Waals surface area contributed by atoms with Crippen LogP contribution in [0, 0.1) is 6.92 Å². The summed E-state index contributed by atoms with van der Waals surface area (Å²) < 4.78 is 0. The van der Waals surface area contributed by atoms with Crippen LogP contribution in [0.4, 0.5) is 5.69 Å². The molecule has 1 N–H and O–H groups in total. The average Bonchev–Trinajstić information content (AvgIpc) is 3.04. The number of nitrogens with one attached hydrogen (secondary N) is 1. The highest BCUT2D eigenvalue weighted by Crippen LogP contribution is 2.23. The van der Waals surface area contributed by atoms with Gasteiger partial charge in [0.2, 0.25) is 5.91 Å². The number of anilines is 1. The molecule has 2 heterocycles. The SMILES string of the molecule is Cc1cccc(N2CCN(C(=O)Cc3c[nH]c4ccccc34)C[C@H]2C)c1. The minimum Gasteiger partial charge on any atom is -0.365 e. The van der Waals surface area contributed by atoms with Crippen LogP contribution in [0.2, 0.25) is 0 Å². The third-order valence-corrected chi connectivity index (χ3v) is 5.33. The molecule has 0 unspecified atom stereocenters. The molecule has 3 aromatic rings. The Morgan fingerprint density at radius 2 is 2.00 bits per heavy atom. The lowest BCUT2D eigenvalue weighted by Crippen LogP contribution is -2.54. The molecule has 4 rings (SSSR count). The predicted molar refractivity (Wildman–Crippen MR) is 107 cm³/mol. The van der Waals surface area contributed by atoms with Gasteiger partial charge in [0.25, 0.3) is 0 Å². The Labute approximate surface area is 154 Å². The maximum absolute atomic E-state index is 12.8. The number of rotatable bonds is 3. The summed E-state index contributed by atoms with van der Waals surface area (Å²) in [4.78, 5) is 20.5. The van der Waals surface area contributed by atoms with E-state index in [2.05, 4.69) is 54.1 Å². The fraction of sp³-hybridized carbons (Fsp3) is 0.318. The summed E-state index contributed by atoms with van der Waals surface area (Å²) in [5.41, 5.74) is 4.70. The van der Waals surface area contributed by atoms with E-state index < -0.39 is 0 Å². The molecule has 0 radical (unpaired) electrons. The summed E-state index contributed by atoms with van der Waals surface area (Å²) in [6, 6.07) is 17.1. The molecule has 4 heteroatoms. The molecular formula is C22H25N3O. The van der Waals surface area contributed by atoms with Gasteiger partial charge in [-0.05, 0) is 43.2 Å². The van der Waals surface area contributed by atoms with Gasteiger partial charge in [0.05, 0.1) is 6.42 Å². The largest absolute Gasteiger partial charge is 0.365 e. The van der Waals surface area contributed by atoms with Gasteiger partial charge in [-0.3, -0.25) is 4.79 Å². The first kappa shape index (κ1) is 16.7. The lowest BCUT2D eigenvalue weighted by molar-refractivity contribution is -0.131. The van der Waals surface area contributed by atoms with Crippen molar-refractivity contribution in [2.45, 2.75) is 26.3 Å². The van der Waals surface area contributed by atoms with Crippen molar-refractivity contribution in [1.29, 1.82) is 0 Å². The molecule has 0 saturated carbocycles. The number of hydrogen-bond donors (Lipinski definition) is 1. The number of hydrogen-bond acceptors (Lipinski definition) is 2. The first-order valence-corrected chi connectivity index (χ1v) is 9.28. The van der Waals surface area contributed by atoms with E-state index in [1.165, 1.54) is 11.3 Å². The van der Waals surface area contributed by atoms with Crippen molar-refractivity contribution >= 4 is 22.5 Å². The van der Waals surface area contributed by atoms with Crippen molar-refractivity contribution in [2.75, 3.05) is 24.5 Å². The topological polar surface area (TPSA) is 39.3 Å². The molecule has 1 aliphatic heterocycles. The lowest BCUT2D eigenvalue weighted by Gasteiger charge is -2.41. The maximum Gasteiger partial charge on any atom is 0.227 e. The number of fused-ring (bicyclic) bond motifs is 1. The highest BCUT2D eigenvalue weighted by Gasteiger charge is 2.27. The normalized spacial score (nSPS) is 17.7. The van der Waals surface area contributed by atoms with Gasteiger partial charge in [-0.2, -0.15) is 0 Å². The second kappa shape index (κ2) is 6.87. The second-order valence-electron chi connectivity index (χ2n) is 7.26. The molecule has 0 aliphatic carbocycles. The zero-order valence-electron chi connectivity index (χ0n) is 15.4. The van der Waals surface area contributed by atoms with Crippen molar-refractivity contribution in [2.24, 2.45) is 0 Å². The molecule has 1 aliphatic rings. The second-order valence-corrected chi connectivity index (χ2v) is 7.26. The fourth-order valence-corrected chi connectivity index (χ4v) is 3.93. The van der Waals surface area contributed by atoms with Crippen molar-refractivity contribution in [3.8, 4) is 0 Å². The van der Waals surface area contributed by atoms with Crippen LogP contribution in [0.15, 0.2) is 54.7 Å². The number of piperazine rings is 1. The molecular weight excluding hydrogens is 322 g/mol. The van der Waals surface area contributed by atoms with Crippen LogP contribution in [0.3, 0.4) is 0 Å². The van der Waals surface area contributed by atoms with Gasteiger partial charge < -0.3 is 14.8 Å². The summed E-state index contributed by atoms with van der Waals surface area (Å²) in [5, 5.41) is 1.15. The van der Waals surface area contributed by atoms with Gasteiger partial charge >= 0.3 is 0 Å². The molecule has 4 nitrogen and oxygen atoms in total. The van der Waals surface area contributed by atoms with E-state index in [9.17, 15) is 4.79 Å². The van der Waals surface area contributed by atoms with Gasteiger partial charge in [-0.15, -0.1) is 0 Å². The van der Waals surface area contributed by atoms with Crippen molar-refractivity contribution in [1.82, 2.24) is 9.88 Å². The van der Waals surface area contributed by atoms with E-state index in [0.29, 0.717) is 12.5 Å². The van der Waals surface area contributed by atoms with Crippen LogP contribution < -0.4 is 4.90 Å². The lowest BCUT2D eigenvalue weighted by atomic mass is 10.1. The molecule has 1 aromatic heterocycles. The number of aromatic nitrogens is 1. The zero-order valence-corrected chi connectivity index (χ0v) is 15.4. The molecule has 134 valence electrons. The number of benzene rings is 2. The molecule has 26 heavy (non-hydrogen) atoms. The number of para-hydroxylation sites is 1. The molecule has 0 bridgehead atoms. The number of carbonyl (C=O) groups is 1. The highest BCUT2D eigenvalue weighted by atomic mass is 16.2. The number of amides is 1. The monoisotopic (exact) mass is 347 g/mol. The minimum absolute atomic E-state index is 0.213. The molecule has 1 amide bonds. The standard InChI is InChI=1S/C22H25N3O/c1-16-6-5-7-19(12-16)25-11-10-24(15-17(25)2)22(26)13-18-14-23-21-9-4-3-8-20(18)21/h3-9,12,14,17,23H,10-11,13,15H2,1-2H3/t17-/m1/s1. The van der Waals surface area contributed by atoms with Crippen LogP contribution >= 0.6 is 0 Å². The fourth-order valence-electron chi connectivity index (χ4n) is 3.93. The van der Waals surface area contributed by atoms with E-state index in [0.717, 1.165) is 36.1 Å². The average molecular weight is 347 g/mol. The number of aromatic amines is 1. The van der Waals surface area contributed by atoms with Gasteiger partial charge in [-0.1, -0.05) is 30.3 Å². The summed E-state index contributed by atoms with van der Waals surface area (Å²) in [5.74, 6) is 0.213. The molecule has 1 atom stereocenters. The minimum atomic E-state index is 0.213. The highest BCUT2D eigenvalue weighted by molar-refractivity contribution is 5.89. The molecule has 0 spiro atoms. The summed E-state index contributed by atoms with van der Waals surface area (Å²) in [6.07, 6.45) is 2.43. The summed E-state index contributed by atoms with van der Waals surface area (Å²) in [6.45, 7) is 6.75. The van der Waals surface area contributed by atoms with Crippen LogP contribution in [-0.4, -0.2) is 41.5 Å². The van der Waals surface area contributed by atoms with Gasteiger partial charge in [0, 0.05) is 48.5 Å². The Morgan fingerprint density at radius 1 is 1.15 bits per heavy atom. The van der Waals surface area contributed by atoms with Gasteiger partial charge in [-0.25, -0.2) is 0 Å². The van der Waals surface area contributed by atoms with E-state index >= 15 is 0 Å². The maximum atomic E-state index is 12.8. The molecule has 1 fully saturated rings. The Hall–Kier alpha value is -2.75. The van der Waals surface area contributed by atoms with Crippen molar-refractivity contribution in [3.63, 3.8) is 0 Å². The van der Waals surface area contributed by atoms with Gasteiger partial charge in [0.15, 0.2) is 0 Å². The van der Waals surface area contributed by atoms with E-state index in [-0.39, 0.29) is 5.91 Å². The van der Waals surface area contributed by atoms with Crippen molar-refractivity contribution in [3.05, 3.63) is 65.9 Å². The van der Waals surface area contributed by atoms with Crippen LogP contribution in [-0.2, 0) is 11.2 Å². The smallest absolute Gasteiger partial charge is 0.227 e. The quantitative estimate of drug-likeness (QED) is 0.784. The third-order valence-electron chi connectivity index (χ3n) is 5.33. The number of aryl methyl sites for hydroxylation is 1. The van der Waals surface area contributed by atoms with Crippen LogP contribution in [0.5, 0.6) is 0 Å².